The molecule has 0 unspecified atom stereocenters. The van der Waals surface area contributed by atoms with Gasteiger partial charge in [-0.25, -0.2) is 9.69 Å². The fourth-order valence-corrected chi connectivity index (χ4v) is 4.22. The van der Waals surface area contributed by atoms with E-state index in [2.05, 4.69) is 0 Å². The van der Waals surface area contributed by atoms with E-state index in [1.165, 1.54) is 4.90 Å². The molecule has 0 bridgehead atoms. The highest BCUT2D eigenvalue weighted by Gasteiger charge is 2.38. The van der Waals surface area contributed by atoms with E-state index < -0.39 is 6.09 Å². The van der Waals surface area contributed by atoms with Gasteiger partial charge in [-0.15, -0.1) is 0 Å². The van der Waals surface area contributed by atoms with E-state index in [-0.39, 0.29) is 24.5 Å². The van der Waals surface area contributed by atoms with Crippen LogP contribution in [0.4, 0.5) is 4.79 Å². The SMILES string of the molecule is COc1ccc(CCC(=O)N2CCC(N3C(=O)COC3=O)CC2)cc1OCc1ccccc1. The number of rotatable bonds is 8. The maximum atomic E-state index is 12.7. The van der Waals surface area contributed by atoms with Crippen LogP contribution in [0, 0.1) is 0 Å². The first-order valence-electron chi connectivity index (χ1n) is 11.2. The number of amides is 3. The normalized spacial score (nSPS) is 16.6. The van der Waals surface area contributed by atoms with E-state index >= 15 is 0 Å². The molecule has 0 atom stereocenters. The molecule has 2 aromatic rings. The third-order valence-corrected chi connectivity index (χ3v) is 6.06. The summed E-state index contributed by atoms with van der Waals surface area (Å²) in [5.41, 5.74) is 2.06. The Balaban J connectivity index is 1.29. The fraction of sp³-hybridized carbons (Fsp3) is 0.400. The van der Waals surface area contributed by atoms with E-state index in [0.717, 1.165) is 11.1 Å². The zero-order chi connectivity index (χ0) is 23.2. The van der Waals surface area contributed by atoms with Gasteiger partial charge in [0.15, 0.2) is 18.1 Å². The quantitative estimate of drug-likeness (QED) is 0.612. The molecule has 8 heteroatoms. The lowest BCUT2D eigenvalue weighted by Gasteiger charge is -2.34. The van der Waals surface area contributed by atoms with Gasteiger partial charge >= 0.3 is 6.09 Å². The highest BCUT2D eigenvalue weighted by atomic mass is 16.6. The number of benzene rings is 2. The molecular weight excluding hydrogens is 424 g/mol. The number of cyclic esters (lactones) is 1. The van der Waals surface area contributed by atoms with E-state index in [1.54, 1.807) is 12.0 Å². The van der Waals surface area contributed by atoms with E-state index in [1.807, 2.05) is 48.5 Å². The van der Waals surface area contributed by atoms with E-state index in [9.17, 15) is 14.4 Å². The van der Waals surface area contributed by atoms with Crippen molar-refractivity contribution in [3.05, 3.63) is 59.7 Å². The van der Waals surface area contributed by atoms with Crippen LogP contribution in [0.1, 0.15) is 30.4 Å². The van der Waals surface area contributed by atoms with Gasteiger partial charge in [0, 0.05) is 25.6 Å². The van der Waals surface area contributed by atoms with Crippen LogP contribution >= 0.6 is 0 Å². The topological polar surface area (TPSA) is 85.4 Å². The Hall–Kier alpha value is -3.55. The van der Waals surface area contributed by atoms with Gasteiger partial charge in [0.2, 0.25) is 5.91 Å². The van der Waals surface area contributed by atoms with E-state index in [0.29, 0.717) is 56.9 Å². The summed E-state index contributed by atoms with van der Waals surface area (Å²) < 4.78 is 16.2. The molecule has 8 nitrogen and oxygen atoms in total. The number of piperidine rings is 1. The molecule has 174 valence electrons. The first-order valence-corrected chi connectivity index (χ1v) is 11.2. The van der Waals surface area contributed by atoms with Crippen LogP contribution in [0.5, 0.6) is 11.5 Å². The average molecular weight is 453 g/mol. The standard InChI is InChI=1S/C25H28N2O6/c1-31-21-9-7-18(15-22(21)32-16-19-5-3-2-4-6-19)8-10-23(28)26-13-11-20(12-14-26)27-24(29)17-33-25(27)30/h2-7,9,15,20H,8,10-14,16-17H2,1H3. The van der Waals surface area contributed by atoms with Gasteiger partial charge < -0.3 is 19.1 Å². The fourth-order valence-electron chi connectivity index (χ4n) is 4.22. The summed E-state index contributed by atoms with van der Waals surface area (Å²) in [5.74, 6) is 1.06. The zero-order valence-electron chi connectivity index (χ0n) is 18.7. The molecular formula is C25H28N2O6. The molecule has 2 fully saturated rings. The van der Waals surface area contributed by atoms with Crippen molar-refractivity contribution in [1.82, 2.24) is 9.80 Å². The maximum Gasteiger partial charge on any atom is 0.417 e. The Morgan fingerprint density at radius 3 is 2.45 bits per heavy atom. The summed E-state index contributed by atoms with van der Waals surface area (Å²) in [6.45, 7) is 1.29. The predicted octanol–water partition coefficient (Wildman–Crippen LogP) is 3.18. The molecule has 2 heterocycles. The smallest absolute Gasteiger partial charge is 0.417 e. The minimum absolute atomic E-state index is 0.0614. The summed E-state index contributed by atoms with van der Waals surface area (Å²) in [5, 5.41) is 0. The summed E-state index contributed by atoms with van der Waals surface area (Å²) >= 11 is 0. The van der Waals surface area contributed by atoms with Crippen molar-refractivity contribution < 1.29 is 28.6 Å². The van der Waals surface area contributed by atoms with Crippen LogP contribution in [-0.2, 0) is 27.4 Å². The lowest BCUT2D eigenvalue weighted by Crippen LogP contribution is -2.48. The minimum Gasteiger partial charge on any atom is -0.493 e. The Labute approximate surface area is 193 Å². The van der Waals surface area contributed by atoms with Crippen molar-refractivity contribution in [3.8, 4) is 11.5 Å². The Bertz CT molecular complexity index is 985. The number of aryl methyl sites for hydroxylation is 1. The zero-order valence-corrected chi connectivity index (χ0v) is 18.7. The predicted molar refractivity (Wildman–Crippen MR) is 120 cm³/mol. The van der Waals surface area contributed by atoms with Crippen LogP contribution in [0.25, 0.3) is 0 Å². The third kappa shape index (κ3) is 5.45. The summed E-state index contributed by atoms with van der Waals surface area (Å²) in [7, 11) is 1.60. The van der Waals surface area contributed by atoms with Gasteiger partial charge in [0.1, 0.15) is 6.61 Å². The van der Waals surface area contributed by atoms with Crippen molar-refractivity contribution in [2.75, 3.05) is 26.8 Å². The number of methoxy groups -OCH3 is 1. The summed E-state index contributed by atoms with van der Waals surface area (Å²) in [6, 6.07) is 15.4. The number of likely N-dealkylation sites (tertiary alicyclic amines) is 1. The van der Waals surface area contributed by atoms with Crippen molar-refractivity contribution in [2.24, 2.45) is 0 Å². The number of ether oxygens (including phenoxy) is 3. The first kappa shape index (κ1) is 22.6. The van der Waals surface area contributed by atoms with Gasteiger partial charge in [-0.2, -0.15) is 0 Å². The van der Waals surface area contributed by atoms with Gasteiger partial charge in [0.25, 0.3) is 5.91 Å². The van der Waals surface area contributed by atoms with Crippen molar-refractivity contribution >= 4 is 17.9 Å². The van der Waals surface area contributed by atoms with Crippen LogP contribution in [0.2, 0.25) is 0 Å². The molecule has 0 saturated carbocycles. The molecule has 2 aliphatic heterocycles. The van der Waals surface area contributed by atoms with Crippen molar-refractivity contribution in [2.45, 2.75) is 38.3 Å². The van der Waals surface area contributed by atoms with Crippen LogP contribution in [-0.4, -0.2) is 60.6 Å². The Morgan fingerprint density at radius 2 is 1.79 bits per heavy atom. The number of imide groups is 1. The second kappa shape index (κ2) is 10.4. The molecule has 0 radical (unpaired) electrons. The number of hydrogen-bond acceptors (Lipinski definition) is 6. The highest BCUT2D eigenvalue weighted by Crippen LogP contribution is 2.29. The van der Waals surface area contributed by atoms with E-state index in [4.69, 9.17) is 14.2 Å². The largest absolute Gasteiger partial charge is 0.493 e. The van der Waals surface area contributed by atoms with Gasteiger partial charge in [0.05, 0.1) is 7.11 Å². The molecule has 0 aliphatic carbocycles. The molecule has 2 saturated heterocycles. The molecule has 4 rings (SSSR count). The summed E-state index contributed by atoms with van der Waals surface area (Å²) in [4.78, 5) is 39.3. The molecule has 33 heavy (non-hydrogen) atoms. The molecule has 0 N–H and O–H groups in total. The molecule has 2 aliphatic rings. The number of carbonyl (C=O) groups is 3. The Kier molecular flexibility index (Phi) is 7.12. The van der Waals surface area contributed by atoms with Crippen LogP contribution in [0.3, 0.4) is 0 Å². The minimum atomic E-state index is -0.574. The van der Waals surface area contributed by atoms with Crippen molar-refractivity contribution in [3.63, 3.8) is 0 Å². The second-order valence-corrected chi connectivity index (χ2v) is 8.19. The average Bonchev–Trinajstić information content (AvgIpc) is 3.19. The number of carbonyl (C=O) groups excluding carboxylic acids is 3. The van der Waals surface area contributed by atoms with Gasteiger partial charge in [-0.1, -0.05) is 36.4 Å². The summed E-state index contributed by atoms with van der Waals surface area (Å²) in [6.07, 6.45) is 1.54. The number of hydrogen-bond donors (Lipinski definition) is 0. The molecule has 0 spiro atoms. The monoisotopic (exact) mass is 452 g/mol. The van der Waals surface area contributed by atoms with Crippen LogP contribution in [0.15, 0.2) is 48.5 Å². The maximum absolute atomic E-state index is 12.7. The molecule has 3 amide bonds. The number of nitrogens with zero attached hydrogens (tertiary/aromatic N) is 2. The highest BCUT2D eigenvalue weighted by molar-refractivity contribution is 5.98. The van der Waals surface area contributed by atoms with Gasteiger partial charge in [-0.3, -0.25) is 9.59 Å². The van der Waals surface area contributed by atoms with Crippen molar-refractivity contribution in [1.29, 1.82) is 0 Å². The molecule has 0 aromatic heterocycles. The lowest BCUT2D eigenvalue weighted by atomic mass is 10.0. The molecule has 2 aromatic carbocycles. The second-order valence-electron chi connectivity index (χ2n) is 8.19. The van der Waals surface area contributed by atoms with Crippen LogP contribution < -0.4 is 9.47 Å². The lowest BCUT2D eigenvalue weighted by molar-refractivity contribution is -0.133. The van der Waals surface area contributed by atoms with Gasteiger partial charge in [-0.05, 0) is 42.5 Å². The first-order chi connectivity index (χ1) is 16.0. The Morgan fingerprint density at radius 1 is 1.03 bits per heavy atom. The third-order valence-electron chi connectivity index (χ3n) is 6.06.